The number of hydrazone groups is 1. The first-order valence-electron chi connectivity index (χ1n) is 7.78. The Morgan fingerprint density at radius 2 is 2.04 bits per heavy atom. The van der Waals surface area contributed by atoms with Gasteiger partial charge in [0.25, 0.3) is 5.91 Å². The summed E-state index contributed by atoms with van der Waals surface area (Å²) < 4.78 is 1.97. The molecule has 5 nitrogen and oxygen atoms in total. The van der Waals surface area contributed by atoms with Crippen LogP contribution in [0.25, 0.3) is 11.0 Å². The molecule has 1 aromatic heterocycles. The minimum absolute atomic E-state index is 0.211. The van der Waals surface area contributed by atoms with Crippen LogP contribution >= 0.6 is 35.0 Å². The maximum absolute atomic E-state index is 12.1. The molecule has 1 N–H and O–H groups in total. The van der Waals surface area contributed by atoms with Gasteiger partial charge < -0.3 is 4.57 Å². The summed E-state index contributed by atoms with van der Waals surface area (Å²) in [6.45, 7) is 1.77. The van der Waals surface area contributed by atoms with Crippen LogP contribution in [-0.2, 0) is 11.8 Å². The number of thioether (sulfide) groups is 1. The van der Waals surface area contributed by atoms with Crippen molar-refractivity contribution < 1.29 is 4.79 Å². The fraction of sp³-hybridized carbons (Fsp3) is 0.167. The molecule has 0 spiro atoms. The first-order valence-corrected chi connectivity index (χ1v) is 9.52. The van der Waals surface area contributed by atoms with Gasteiger partial charge in [-0.2, -0.15) is 5.10 Å². The van der Waals surface area contributed by atoms with Crippen molar-refractivity contribution in [2.45, 2.75) is 12.1 Å². The second-order valence-electron chi connectivity index (χ2n) is 5.59. The lowest BCUT2D eigenvalue weighted by atomic mass is 10.1. The zero-order valence-electron chi connectivity index (χ0n) is 14.2. The van der Waals surface area contributed by atoms with Gasteiger partial charge in [0.05, 0.1) is 27.5 Å². The van der Waals surface area contributed by atoms with E-state index in [1.807, 2.05) is 35.9 Å². The van der Waals surface area contributed by atoms with Gasteiger partial charge >= 0.3 is 0 Å². The summed E-state index contributed by atoms with van der Waals surface area (Å²) in [5.41, 5.74) is 5.81. The summed E-state index contributed by atoms with van der Waals surface area (Å²) in [7, 11) is 1.93. The Bertz CT molecular complexity index is 1000. The van der Waals surface area contributed by atoms with E-state index in [4.69, 9.17) is 23.2 Å². The lowest BCUT2D eigenvalue weighted by Crippen LogP contribution is -2.21. The highest BCUT2D eigenvalue weighted by Gasteiger charge is 2.10. The number of halogens is 2. The van der Waals surface area contributed by atoms with Crippen molar-refractivity contribution in [1.29, 1.82) is 0 Å². The van der Waals surface area contributed by atoms with Gasteiger partial charge in [-0.15, -0.1) is 0 Å². The van der Waals surface area contributed by atoms with Gasteiger partial charge in [0.1, 0.15) is 0 Å². The van der Waals surface area contributed by atoms with Crippen LogP contribution in [0.5, 0.6) is 0 Å². The van der Waals surface area contributed by atoms with Crippen molar-refractivity contribution in [2.24, 2.45) is 12.1 Å². The number of rotatable bonds is 5. The van der Waals surface area contributed by atoms with E-state index in [1.165, 1.54) is 11.8 Å². The van der Waals surface area contributed by atoms with Crippen molar-refractivity contribution in [3.63, 3.8) is 0 Å². The number of aromatic nitrogens is 2. The lowest BCUT2D eigenvalue weighted by molar-refractivity contribution is -0.118. The average Bonchev–Trinajstić information content (AvgIpc) is 2.94. The van der Waals surface area contributed by atoms with Crippen LogP contribution in [0.15, 0.2) is 52.7 Å². The van der Waals surface area contributed by atoms with Gasteiger partial charge in [0, 0.05) is 17.6 Å². The van der Waals surface area contributed by atoms with E-state index < -0.39 is 0 Å². The zero-order chi connectivity index (χ0) is 18.7. The highest BCUT2D eigenvalue weighted by atomic mass is 35.5. The maximum atomic E-state index is 12.1. The van der Waals surface area contributed by atoms with Gasteiger partial charge in [-0.3, -0.25) is 4.79 Å². The summed E-state index contributed by atoms with van der Waals surface area (Å²) >= 11 is 13.4. The normalized spacial score (nSPS) is 11.8. The molecule has 3 aromatic rings. The molecular weight excluding hydrogens is 391 g/mol. The third-order valence-electron chi connectivity index (χ3n) is 3.75. The molecule has 0 unspecified atom stereocenters. The van der Waals surface area contributed by atoms with Crippen molar-refractivity contribution in [3.05, 3.63) is 58.1 Å². The maximum Gasteiger partial charge on any atom is 0.250 e. The molecular formula is C18H16Cl2N4OS. The number of benzene rings is 2. The van der Waals surface area contributed by atoms with Crippen LogP contribution in [0, 0.1) is 0 Å². The number of hydrogen-bond donors (Lipinski definition) is 1. The van der Waals surface area contributed by atoms with Gasteiger partial charge in [0.2, 0.25) is 0 Å². The number of carbonyl (C=O) groups excluding carboxylic acids is 1. The van der Waals surface area contributed by atoms with Crippen LogP contribution in [0.4, 0.5) is 0 Å². The van der Waals surface area contributed by atoms with Crippen molar-refractivity contribution in [1.82, 2.24) is 15.0 Å². The molecule has 26 heavy (non-hydrogen) atoms. The number of para-hydroxylation sites is 2. The number of amides is 1. The Morgan fingerprint density at radius 1 is 1.27 bits per heavy atom. The molecule has 134 valence electrons. The third-order valence-corrected chi connectivity index (χ3v) is 5.33. The van der Waals surface area contributed by atoms with Crippen LogP contribution in [-0.4, -0.2) is 26.9 Å². The van der Waals surface area contributed by atoms with Crippen LogP contribution in [0.1, 0.15) is 12.5 Å². The van der Waals surface area contributed by atoms with E-state index >= 15 is 0 Å². The van der Waals surface area contributed by atoms with E-state index in [9.17, 15) is 4.79 Å². The van der Waals surface area contributed by atoms with Gasteiger partial charge in [-0.05, 0) is 31.2 Å². The largest absolute Gasteiger partial charge is 0.322 e. The second kappa shape index (κ2) is 8.12. The average molecular weight is 407 g/mol. The van der Waals surface area contributed by atoms with E-state index in [0.29, 0.717) is 15.8 Å². The number of aryl methyl sites for hydroxylation is 1. The topological polar surface area (TPSA) is 59.3 Å². The molecule has 0 aliphatic carbocycles. The summed E-state index contributed by atoms with van der Waals surface area (Å²) in [6.07, 6.45) is 0. The fourth-order valence-electron chi connectivity index (χ4n) is 2.40. The molecule has 0 aliphatic rings. The third kappa shape index (κ3) is 4.20. The fourth-order valence-corrected chi connectivity index (χ4v) is 3.73. The van der Waals surface area contributed by atoms with Gasteiger partial charge in [-0.25, -0.2) is 10.4 Å². The van der Waals surface area contributed by atoms with Crippen molar-refractivity contribution >= 4 is 57.6 Å². The monoisotopic (exact) mass is 406 g/mol. The molecule has 0 atom stereocenters. The number of imidazole rings is 1. The lowest BCUT2D eigenvalue weighted by Gasteiger charge is -2.05. The minimum Gasteiger partial charge on any atom is -0.322 e. The van der Waals surface area contributed by atoms with Crippen LogP contribution in [0.2, 0.25) is 10.0 Å². The number of fused-ring (bicyclic) bond motifs is 1. The first-order chi connectivity index (χ1) is 12.5. The zero-order valence-corrected chi connectivity index (χ0v) is 16.5. The quantitative estimate of drug-likeness (QED) is 0.385. The molecule has 0 saturated carbocycles. The van der Waals surface area contributed by atoms with Crippen molar-refractivity contribution in [2.75, 3.05) is 5.75 Å². The van der Waals surface area contributed by atoms with Crippen molar-refractivity contribution in [3.8, 4) is 0 Å². The molecule has 0 radical (unpaired) electrons. The molecule has 0 bridgehead atoms. The summed E-state index contributed by atoms with van der Waals surface area (Å²) in [5, 5.41) is 5.93. The molecule has 8 heteroatoms. The van der Waals surface area contributed by atoms with Crippen LogP contribution in [0.3, 0.4) is 0 Å². The Hall–Kier alpha value is -2.02. The molecule has 0 aliphatic heterocycles. The van der Waals surface area contributed by atoms with E-state index in [0.717, 1.165) is 21.8 Å². The smallest absolute Gasteiger partial charge is 0.250 e. The Balaban J connectivity index is 1.62. The van der Waals surface area contributed by atoms with Crippen LogP contribution < -0.4 is 5.43 Å². The predicted molar refractivity (Wildman–Crippen MR) is 108 cm³/mol. The Labute approximate surface area is 165 Å². The molecule has 0 fully saturated rings. The standard InChI is InChI=1S/C18H16Cl2N4OS/c1-11(13-8-7-12(19)9-14(13)20)22-23-17(25)10-26-18-21-15-5-3-4-6-16(15)24(18)2/h3-9H,10H2,1-2H3,(H,23,25)/b22-11-. The highest BCUT2D eigenvalue weighted by molar-refractivity contribution is 7.99. The minimum atomic E-state index is -0.216. The molecule has 0 saturated heterocycles. The van der Waals surface area contributed by atoms with E-state index in [2.05, 4.69) is 15.5 Å². The number of nitrogens with zero attached hydrogens (tertiary/aromatic N) is 3. The number of hydrogen-bond acceptors (Lipinski definition) is 4. The van der Waals surface area contributed by atoms with Gasteiger partial charge in [0.15, 0.2) is 5.16 Å². The number of carbonyl (C=O) groups is 1. The first kappa shape index (κ1) is 18.8. The molecule has 1 heterocycles. The highest BCUT2D eigenvalue weighted by Crippen LogP contribution is 2.23. The van der Waals surface area contributed by atoms with E-state index in [1.54, 1.807) is 25.1 Å². The summed E-state index contributed by atoms with van der Waals surface area (Å²) in [4.78, 5) is 16.6. The second-order valence-corrected chi connectivity index (χ2v) is 7.37. The summed E-state index contributed by atoms with van der Waals surface area (Å²) in [6, 6.07) is 13.0. The Morgan fingerprint density at radius 3 is 2.77 bits per heavy atom. The van der Waals surface area contributed by atoms with Gasteiger partial charge in [-0.1, -0.05) is 53.2 Å². The van der Waals surface area contributed by atoms with E-state index in [-0.39, 0.29) is 11.7 Å². The summed E-state index contributed by atoms with van der Waals surface area (Å²) in [5.74, 6) is -0.00560. The Kier molecular flexibility index (Phi) is 5.86. The molecule has 3 rings (SSSR count). The predicted octanol–water partition coefficient (Wildman–Crippen LogP) is 4.51. The molecule has 2 aromatic carbocycles. The SMILES string of the molecule is C/C(=N/NC(=O)CSc1nc2ccccc2n1C)c1ccc(Cl)cc1Cl. The molecule has 1 amide bonds. The number of nitrogens with one attached hydrogen (secondary N) is 1.